The number of likely N-dealkylation sites (tertiary alicyclic amines) is 1. The molecule has 0 aromatic heterocycles. The van der Waals surface area contributed by atoms with Crippen LogP contribution in [0.25, 0.3) is 0 Å². The highest BCUT2D eigenvalue weighted by atomic mass is 16.5. The van der Waals surface area contributed by atoms with Crippen LogP contribution in [0.5, 0.6) is 11.5 Å². The fourth-order valence-electron chi connectivity index (χ4n) is 3.83. The number of ether oxygens (including phenoxy) is 2. The Morgan fingerprint density at radius 3 is 2.64 bits per heavy atom. The molecule has 2 heterocycles. The molecule has 4 rings (SSSR count). The topological polar surface area (TPSA) is 67.9 Å². The van der Waals surface area contributed by atoms with Crippen molar-refractivity contribution in [2.24, 2.45) is 5.92 Å². The SMILES string of the molecule is COc1ccc(CC2CCN(C(=O)c3ccc4c(c3)NC(=O)CO4)CC2)cc1. The molecule has 2 aromatic carbocycles. The van der Waals surface area contributed by atoms with Crippen molar-refractivity contribution in [3.05, 3.63) is 53.6 Å². The maximum atomic E-state index is 12.9. The van der Waals surface area contributed by atoms with Gasteiger partial charge in [0.2, 0.25) is 0 Å². The minimum Gasteiger partial charge on any atom is -0.497 e. The van der Waals surface area contributed by atoms with Gasteiger partial charge < -0.3 is 19.7 Å². The van der Waals surface area contributed by atoms with E-state index in [4.69, 9.17) is 9.47 Å². The van der Waals surface area contributed by atoms with Gasteiger partial charge in [0.15, 0.2) is 6.61 Å². The van der Waals surface area contributed by atoms with Crippen LogP contribution in [0, 0.1) is 5.92 Å². The smallest absolute Gasteiger partial charge is 0.262 e. The standard InChI is InChI=1S/C22H24N2O4/c1-27-18-5-2-15(3-6-18)12-16-8-10-24(11-9-16)22(26)17-4-7-20-19(13-17)23-21(25)14-28-20/h2-7,13,16H,8-12,14H2,1H3,(H,23,25). The molecule has 2 aliphatic heterocycles. The lowest BCUT2D eigenvalue weighted by molar-refractivity contribution is -0.118. The number of hydrogen-bond acceptors (Lipinski definition) is 4. The zero-order valence-corrected chi connectivity index (χ0v) is 15.9. The number of hydrogen-bond donors (Lipinski definition) is 1. The highest BCUT2D eigenvalue weighted by molar-refractivity contribution is 5.99. The summed E-state index contributed by atoms with van der Waals surface area (Å²) in [6.45, 7) is 1.52. The Balaban J connectivity index is 1.35. The predicted octanol–water partition coefficient (Wildman–Crippen LogP) is 3.12. The predicted molar refractivity (Wildman–Crippen MR) is 106 cm³/mol. The van der Waals surface area contributed by atoms with Crippen molar-refractivity contribution in [2.75, 3.05) is 32.1 Å². The molecule has 2 amide bonds. The number of fused-ring (bicyclic) bond motifs is 1. The van der Waals surface area contributed by atoms with E-state index in [1.165, 1.54) is 5.56 Å². The van der Waals surface area contributed by atoms with Gasteiger partial charge in [0.25, 0.3) is 11.8 Å². The van der Waals surface area contributed by atoms with Crippen LogP contribution in [0.2, 0.25) is 0 Å². The molecule has 2 aliphatic rings. The third-order valence-corrected chi connectivity index (χ3v) is 5.44. The van der Waals surface area contributed by atoms with Crippen LogP contribution in [0.3, 0.4) is 0 Å². The Kier molecular flexibility index (Phi) is 5.19. The second-order valence-corrected chi connectivity index (χ2v) is 7.34. The minimum atomic E-state index is -0.198. The van der Waals surface area contributed by atoms with E-state index in [1.807, 2.05) is 17.0 Å². The van der Waals surface area contributed by atoms with Crippen LogP contribution in [0.15, 0.2) is 42.5 Å². The molecule has 146 valence electrons. The van der Waals surface area contributed by atoms with Crippen molar-refractivity contribution in [1.82, 2.24) is 4.90 Å². The fraction of sp³-hybridized carbons (Fsp3) is 0.364. The van der Waals surface area contributed by atoms with E-state index in [1.54, 1.807) is 25.3 Å². The van der Waals surface area contributed by atoms with E-state index in [0.717, 1.165) is 38.1 Å². The first-order valence-corrected chi connectivity index (χ1v) is 9.61. The first kappa shape index (κ1) is 18.3. The number of benzene rings is 2. The van der Waals surface area contributed by atoms with Crippen LogP contribution in [0.4, 0.5) is 5.69 Å². The van der Waals surface area contributed by atoms with Crippen LogP contribution in [0.1, 0.15) is 28.8 Å². The van der Waals surface area contributed by atoms with Crippen LogP contribution < -0.4 is 14.8 Å². The van der Waals surface area contributed by atoms with Gasteiger partial charge in [0.05, 0.1) is 12.8 Å². The van der Waals surface area contributed by atoms with Gasteiger partial charge in [-0.1, -0.05) is 12.1 Å². The van der Waals surface area contributed by atoms with Gasteiger partial charge in [0.1, 0.15) is 11.5 Å². The summed E-state index contributed by atoms with van der Waals surface area (Å²) in [6, 6.07) is 13.4. The summed E-state index contributed by atoms with van der Waals surface area (Å²) in [5, 5.41) is 2.76. The second kappa shape index (κ2) is 7.92. The molecule has 28 heavy (non-hydrogen) atoms. The highest BCUT2D eigenvalue weighted by Crippen LogP contribution is 2.30. The van der Waals surface area contributed by atoms with Gasteiger partial charge in [-0.3, -0.25) is 9.59 Å². The highest BCUT2D eigenvalue weighted by Gasteiger charge is 2.25. The van der Waals surface area contributed by atoms with Crippen molar-refractivity contribution in [1.29, 1.82) is 0 Å². The summed E-state index contributed by atoms with van der Waals surface area (Å²) in [5.41, 5.74) is 2.45. The molecular weight excluding hydrogens is 356 g/mol. The molecule has 6 heteroatoms. The van der Waals surface area contributed by atoms with Crippen LogP contribution >= 0.6 is 0 Å². The number of nitrogens with one attached hydrogen (secondary N) is 1. The Hall–Kier alpha value is -3.02. The molecule has 0 unspecified atom stereocenters. The van der Waals surface area contributed by atoms with Gasteiger partial charge in [-0.05, 0) is 61.1 Å². The van der Waals surface area contributed by atoms with Crippen molar-refractivity contribution < 1.29 is 19.1 Å². The number of carbonyl (C=O) groups is 2. The molecule has 0 bridgehead atoms. The first-order chi connectivity index (χ1) is 13.6. The molecule has 1 saturated heterocycles. The lowest BCUT2D eigenvalue weighted by atomic mass is 9.90. The zero-order valence-electron chi connectivity index (χ0n) is 15.9. The van der Waals surface area contributed by atoms with Crippen molar-refractivity contribution in [2.45, 2.75) is 19.3 Å². The molecule has 0 radical (unpaired) electrons. The molecule has 0 atom stereocenters. The summed E-state index contributed by atoms with van der Waals surface area (Å²) in [7, 11) is 1.67. The lowest BCUT2D eigenvalue weighted by Crippen LogP contribution is -2.39. The van der Waals surface area contributed by atoms with E-state index in [0.29, 0.717) is 22.9 Å². The molecule has 6 nitrogen and oxygen atoms in total. The quantitative estimate of drug-likeness (QED) is 0.885. The first-order valence-electron chi connectivity index (χ1n) is 9.61. The Bertz CT molecular complexity index is 871. The number of methoxy groups -OCH3 is 1. The maximum Gasteiger partial charge on any atom is 0.262 e. The number of piperidine rings is 1. The molecule has 1 fully saturated rings. The van der Waals surface area contributed by atoms with Gasteiger partial charge in [0, 0.05) is 18.7 Å². The van der Waals surface area contributed by atoms with Gasteiger partial charge >= 0.3 is 0 Å². The van der Waals surface area contributed by atoms with Crippen molar-refractivity contribution >= 4 is 17.5 Å². The number of anilines is 1. The minimum absolute atomic E-state index is 0.00511. The van der Waals surface area contributed by atoms with Gasteiger partial charge in [-0.15, -0.1) is 0 Å². The van der Waals surface area contributed by atoms with E-state index in [2.05, 4.69) is 17.4 Å². The van der Waals surface area contributed by atoms with Gasteiger partial charge in [-0.25, -0.2) is 0 Å². The van der Waals surface area contributed by atoms with Crippen LogP contribution in [-0.2, 0) is 11.2 Å². The van der Waals surface area contributed by atoms with E-state index in [-0.39, 0.29) is 18.4 Å². The molecule has 2 aromatic rings. The lowest BCUT2D eigenvalue weighted by Gasteiger charge is -2.32. The fourth-order valence-corrected chi connectivity index (χ4v) is 3.83. The summed E-state index contributed by atoms with van der Waals surface area (Å²) in [6.07, 6.45) is 3.00. The Morgan fingerprint density at radius 1 is 1.18 bits per heavy atom. The maximum absolute atomic E-state index is 12.9. The average Bonchev–Trinajstić information content (AvgIpc) is 2.74. The number of nitrogens with zero attached hydrogens (tertiary/aromatic N) is 1. The molecule has 1 N–H and O–H groups in total. The Morgan fingerprint density at radius 2 is 1.93 bits per heavy atom. The molecule has 0 aliphatic carbocycles. The number of rotatable bonds is 4. The Labute approximate surface area is 164 Å². The summed E-state index contributed by atoms with van der Waals surface area (Å²) in [5.74, 6) is 1.86. The summed E-state index contributed by atoms with van der Waals surface area (Å²) < 4.78 is 10.6. The normalized spacial score (nSPS) is 16.8. The van der Waals surface area contributed by atoms with E-state index < -0.39 is 0 Å². The van der Waals surface area contributed by atoms with Crippen LogP contribution in [-0.4, -0.2) is 43.5 Å². The van der Waals surface area contributed by atoms with Crippen molar-refractivity contribution in [3.8, 4) is 11.5 Å². The molecule has 0 saturated carbocycles. The average molecular weight is 380 g/mol. The number of carbonyl (C=O) groups excluding carboxylic acids is 2. The van der Waals surface area contributed by atoms with E-state index in [9.17, 15) is 9.59 Å². The zero-order chi connectivity index (χ0) is 19.5. The van der Waals surface area contributed by atoms with Gasteiger partial charge in [-0.2, -0.15) is 0 Å². The third-order valence-electron chi connectivity index (χ3n) is 5.44. The largest absolute Gasteiger partial charge is 0.497 e. The van der Waals surface area contributed by atoms with E-state index >= 15 is 0 Å². The van der Waals surface area contributed by atoms with Crippen molar-refractivity contribution in [3.63, 3.8) is 0 Å². The molecule has 0 spiro atoms. The monoisotopic (exact) mass is 380 g/mol. The molecular formula is C22H24N2O4. The second-order valence-electron chi connectivity index (χ2n) is 7.34. The number of amides is 2. The summed E-state index contributed by atoms with van der Waals surface area (Å²) in [4.78, 5) is 26.3. The summed E-state index contributed by atoms with van der Waals surface area (Å²) >= 11 is 0. The third kappa shape index (κ3) is 3.96.